The third-order valence-corrected chi connectivity index (χ3v) is 6.13. The van der Waals surface area contributed by atoms with Gasteiger partial charge >= 0.3 is 12.2 Å². The van der Waals surface area contributed by atoms with Gasteiger partial charge in [-0.2, -0.15) is 0 Å². The smallest absolute Gasteiger partial charge is 0.408 e. The molecule has 2 amide bonds. The van der Waals surface area contributed by atoms with Crippen molar-refractivity contribution in [3.63, 3.8) is 0 Å². The van der Waals surface area contributed by atoms with Crippen molar-refractivity contribution in [2.75, 3.05) is 0 Å². The van der Waals surface area contributed by atoms with Crippen molar-refractivity contribution < 1.29 is 23.9 Å². The summed E-state index contributed by atoms with van der Waals surface area (Å²) in [6.45, 7) is 9.64. The lowest BCUT2D eigenvalue weighted by molar-refractivity contribution is -0.116. The molecule has 0 aliphatic carbocycles. The lowest BCUT2D eigenvalue weighted by Crippen LogP contribution is -2.44. The van der Waals surface area contributed by atoms with E-state index in [0.29, 0.717) is 25.2 Å². The first-order chi connectivity index (χ1) is 19.0. The Morgan fingerprint density at radius 3 is 2.35 bits per heavy atom. The number of hydrogen-bond donors (Lipinski definition) is 3. The van der Waals surface area contributed by atoms with Gasteiger partial charge in [-0.05, 0) is 62.8 Å². The molecule has 3 N–H and O–H groups in total. The number of H-pyrrole nitrogens is 1. The van der Waals surface area contributed by atoms with E-state index in [-0.39, 0.29) is 18.4 Å². The number of benzene rings is 2. The number of amides is 2. The lowest BCUT2D eigenvalue weighted by Gasteiger charge is -2.23. The first-order valence-electron chi connectivity index (χ1n) is 13.7. The molecule has 0 aliphatic heterocycles. The molecule has 3 rings (SSSR count). The highest BCUT2D eigenvalue weighted by Crippen LogP contribution is 2.20. The molecular formula is C32H41N3O5. The number of nitrogens with one attached hydrogen (secondary N) is 3. The van der Waals surface area contributed by atoms with E-state index in [9.17, 15) is 14.4 Å². The summed E-state index contributed by atoms with van der Waals surface area (Å²) >= 11 is 0. The monoisotopic (exact) mass is 547 g/mol. The van der Waals surface area contributed by atoms with Crippen molar-refractivity contribution >= 4 is 28.9 Å². The SMILES string of the molecule is CC(C)C[C@@H](C/C=C/C(=O)[C@H](Cc1c[nH]c2ccccc12)NC(=O)OC(C)(C)C)NC(=O)OCc1ccccc1. The summed E-state index contributed by atoms with van der Waals surface area (Å²) in [7, 11) is 0. The maximum Gasteiger partial charge on any atom is 0.408 e. The number of carbonyl (C=O) groups is 3. The number of alkyl carbamates (subject to hydrolysis) is 2. The lowest BCUT2D eigenvalue weighted by atomic mass is 9.99. The maximum atomic E-state index is 13.3. The summed E-state index contributed by atoms with van der Waals surface area (Å²) in [5.41, 5.74) is 2.08. The predicted molar refractivity (Wildman–Crippen MR) is 157 cm³/mol. The molecule has 0 spiro atoms. The zero-order chi connectivity index (χ0) is 29.1. The molecule has 0 radical (unpaired) electrons. The minimum absolute atomic E-state index is 0.182. The van der Waals surface area contributed by atoms with Crippen molar-refractivity contribution in [1.29, 1.82) is 0 Å². The van der Waals surface area contributed by atoms with Gasteiger partial charge in [0.05, 0.1) is 6.04 Å². The Hall–Kier alpha value is -4.07. The minimum atomic E-state index is -0.822. The van der Waals surface area contributed by atoms with Gasteiger partial charge in [-0.25, -0.2) is 9.59 Å². The zero-order valence-corrected chi connectivity index (χ0v) is 24.0. The molecule has 3 aromatic rings. The molecule has 2 aromatic carbocycles. The molecule has 2 atom stereocenters. The number of rotatable bonds is 12. The molecule has 0 bridgehead atoms. The van der Waals surface area contributed by atoms with Crippen LogP contribution < -0.4 is 10.6 Å². The van der Waals surface area contributed by atoms with Gasteiger partial charge in [0.15, 0.2) is 5.78 Å². The summed E-state index contributed by atoms with van der Waals surface area (Å²) in [4.78, 5) is 41.5. The van der Waals surface area contributed by atoms with E-state index in [1.54, 1.807) is 26.8 Å². The van der Waals surface area contributed by atoms with Gasteiger partial charge in [0.25, 0.3) is 0 Å². The Morgan fingerprint density at radius 2 is 1.65 bits per heavy atom. The van der Waals surface area contributed by atoms with Gasteiger partial charge in [-0.15, -0.1) is 0 Å². The average molecular weight is 548 g/mol. The van der Waals surface area contributed by atoms with E-state index in [4.69, 9.17) is 9.47 Å². The van der Waals surface area contributed by atoms with E-state index in [1.165, 1.54) is 6.08 Å². The summed E-state index contributed by atoms with van der Waals surface area (Å²) < 4.78 is 10.8. The van der Waals surface area contributed by atoms with Crippen LogP contribution in [-0.2, 0) is 27.3 Å². The predicted octanol–water partition coefficient (Wildman–Crippen LogP) is 6.46. The molecule has 214 valence electrons. The van der Waals surface area contributed by atoms with Crippen LogP contribution in [0, 0.1) is 5.92 Å². The molecule has 40 heavy (non-hydrogen) atoms. The second-order valence-electron chi connectivity index (χ2n) is 11.3. The molecule has 1 heterocycles. The number of hydrogen-bond acceptors (Lipinski definition) is 5. The maximum absolute atomic E-state index is 13.3. The standard InChI is InChI=1S/C32H41N3O5/c1-22(2)18-25(34-30(37)39-21-23-12-7-6-8-13-23)14-11-17-29(36)28(35-31(38)40-32(3,4)5)19-24-20-33-27-16-10-9-15-26(24)27/h6-13,15-17,20,22,25,28,33H,14,18-19,21H2,1-5H3,(H,34,37)(H,35,38)/b17-11+/t25-,28+/m1/s1. The number of para-hydroxylation sites is 1. The summed E-state index contributed by atoms with van der Waals surface area (Å²) in [6.07, 6.45) is 5.37. The van der Waals surface area contributed by atoms with Crippen LogP contribution in [0.3, 0.4) is 0 Å². The molecule has 0 saturated heterocycles. The number of ether oxygens (including phenoxy) is 2. The van der Waals surface area contributed by atoms with Gasteiger partial charge in [0.1, 0.15) is 12.2 Å². The quantitative estimate of drug-likeness (QED) is 0.226. The Kier molecular flexibility index (Phi) is 10.9. The second-order valence-corrected chi connectivity index (χ2v) is 11.3. The number of carbonyl (C=O) groups excluding carboxylic acids is 3. The molecule has 0 unspecified atom stereocenters. The van der Waals surface area contributed by atoms with Crippen molar-refractivity contribution in [3.05, 3.63) is 84.1 Å². The number of aromatic amines is 1. The van der Waals surface area contributed by atoms with E-state index < -0.39 is 23.8 Å². The Morgan fingerprint density at radius 1 is 0.950 bits per heavy atom. The second kappa shape index (κ2) is 14.4. The van der Waals surface area contributed by atoms with Crippen molar-refractivity contribution in [1.82, 2.24) is 15.6 Å². The molecule has 8 heteroatoms. The highest BCUT2D eigenvalue weighted by molar-refractivity contribution is 5.97. The topological polar surface area (TPSA) is 110 Å². The van der Waals surface area contributed by atoms with Crippen LogP contribution in [0.5, 0.6) is 0 Å². The number of ketones is 1. The van der Waals surface area contributed by atoms with Crippen LogP contribution in [0.15, 0.2) is 72.9 Å². The van der Waals surface area contributed by atoms with Crippen LogP contribution in [-0.4, -0.2) is 40.6 Å². The average Bonchev–Trinajstić information content (AvgIpc) is 3.29. The third kappa shape index (κ3) is 10.2. The van der Waals surface area contributed by atoms with E-state index in [0.717, 1.165) is 22.0 Å². The molecule has 0 aliphatic rings. The van der Waals surface area contributed by atoms with E-state index >= 15 is 0 Å². The molecular weight excluding hydrogens is 506 g/mol. The summed E-state index contributed by atoms with van der Waals surface area (Å²) in [5.74, 6) is 0.0677. The Balaban J connectivity index is 1.66. The summed E-state index contributed by atoms with van der Waals surface area (Å²) in [5, 5.41) is 6.66. The Bertz CT molecular complexity index is 1290. The van der Waals surface area contributed by atoms with Crippen LogP contribution in [0.2, 0.25) is 0 Å². The first-order valence-corrected chi connectivity index (χ1v) is 13.7. The van der Waals surface area contributed by atoms with Crippen LogP contribution in [0.25, 0.3) is 10.9 Å². The first kappa shape index (κ1) is 30.5. The van der Waals surface area contributed by atoms with Gasteiger partial charge < -0.3 is 25.1 Å². The van der Waals surface area contributed by atoms with Crippen molar-refractivity contribution in [3.8, 4) is 0 Å². The van der Waals surface area contributed by atoms with E-state index in [2.05, 4.69) is 29.5 Å². The highest BCUT2D eigenvalue weighted by Gasteiger charge is 2.24. The largest absolute Gasteiger partial charge is 0.445 e. The van der Waals surface area contributed by atoms with Gasteiger partial charge in [-0.3, -0.25) is 4.79 Å². The number of aromatic nitrogens is 1. The molecule has 1 aromatic heterocycles. The fraction of sp³-hybridized carbons (Fsp3) is 0.406. The normalized spacial score (nSPS) is 13.2. The van der Waals surface area contributed by atoms with Crippen molar-refractivity contribution in [2.24, 2.45) is 5.92 Å². The minimum Gasteiger partial charge on any atom is -0.445 e. The zero-order valence-electron chi connectivity index (χ0n) is 24.0. The number of fused-ring (bicyclic) bond motifs is 1. The Labute approximate surface area is 236 Å². The van der Waals surface area contributed by atoms with Gasteiger partial charge in [0, 0.05) is 29.6 Å². The molecule has 0 saturated carbocycles. The van der Waals surface area contributed by atoms with Crippen molar-refractivity contribution in [2.45, 2.75) is 78.2 Å². The molecule has 0 fully saturated rings. The fourth-order valence-corrected chi connectivity index (χ4v) is 4.37. The van der Waals surface area contributed by atoms with E-state index in [1.807, 2.05) is 60.8 Å². The van der Waals surface area contributed by atoms with Crippen LogP contribution >= 0.6 is 0 Å². The van der Waals surface area contributed by atoms with Gasteiger partial charge in [-0.1, -0.05) is 68.5 Å². The molecule has 8 nitrogen and oxygen atoms in total. The summed E-state index contributed by atoms with van der Waals surface area (Å²) in [6, 6.07) is 16.3. The van der Waals surface area contributed by atoms with Crippen LogP contribution in [0.1, 0.15) is 58.6 Å². The van der Waals surface area contributed by atoms with Crippen LogP contribution in [0.4, 0.5) is 9.59 Å². The highest BCUT2D eigenvalue weighted by atomic mass is 16.6. The third-order valence-electron chi connectivity index (χ3n) is 6.13. The van der Waals surface area contributed by atoms with Gasteiger partial charge in [0.2, 0.25) is 0 Å². The fourth-order valence-electron chi connectivity index (χ4n) is 4.37.